The summed E-state index contributed by atoms with van der Waals surface area (Å²) in [7, 11) is 0. The minimum absolute atomic E-state index is 0.0231. The Morgan fingerprint density at radius 1 is 1.35 bits per heavy atom. The van der Waals surface area contributed by atoms with E-state index in [9.17, 15) is 4.79 Å². The van der Waals surface area contributed by atoms with Crippen molar-refractivity contribution in [1.82, 2.24) is 5.32 Å². The summed E-state index contributed by atoms with van der Waals surface area (Å²) in [5, 5.41) is 3.42. The van der Waals surface area contributed by atoms with Gasteiger partial charge in [0.05, 0.1) is 12.5 Å². The van der Waals surface area contributed by atoms with Crippen LogP contribution < -0.4 is 5.32 Å². The van der Waals surface area contributed by atoms with Crippen molar-refractivity contribution in [3.63, 3.8) is 0 Å². The second-order valence-electron chi connectivity index (χ2n) is 4.40. The molecule has 1 aliphatic rings. The molecule has 1 fully saturated rings. The second-order valence-corrected chi connectivity index (χ2v) is 4.40. The Bertz CT molecular complexity index is 356. The van der Waals surface area contributed by atoms with Gasteiger partial charge in [0.2, 0.25) is 0 Å². The third-order valence-corrected chi connectivity index (χ3v) is 3.24. The average Bonchev–Trinajstić information content (AvgIpc) is 2.40. The van der Waals surface area contributed by atoms with Crippen LogP contribution in [0.3, 0.4) is 0 Å². The van der Waals surface area contributed by atoms with Crippen molar-refractivity contribution in [2.75, 3.05) is 13.2 Å². The first-order valence-corrected chi connectivity index (χ1v) is 6.26. The van der Waals surface area contributed by atoms with Gasteiger partial charge in [-0.1, -0.05) is 30.3 Å². The van der Waals surface area contributed by atoms with Gasteiger partial charge in [0.15, 0.2) is 0 Å². The molecule has 3 nitrogen and oxygen atoms in total. The number of ether oxygens (including phenoxy) is 1. The molecule has 1 aliphatic heterocycles. The Morgan fingerprint density at radius 2 is 2.12 bits per heavy atom. The second kappa shape index (κ2) is 5.82. The lowest BCUT2D eigenvalue weighted by Gasteiger charge is -2.28. The molecule has 0 aliphatic carbocycles. The van der Waals surface area contributed by atoms with Crippen LogP contribution in [0, 0.1) is 5.92 Å². The molecule has 1 saturated heterocycles. The molecule has 1 heterocycles. The fourth-order valence-corrected chi connectivity index (χ4v) is 2.29. The van der Waals surface area contributed by atoms with Crippen molar-refractivity contribution >= 4 is 5.97 Å². The Balaban J connectivity index is 1.88. The zero-order valence-corrected chi connectivity index (χ0v) is 10.2. The molecule has 1 aromatic rings. The maximum absolute atomic E-state index is 11.6. The zero-order valence-electron chi connectivity index (χ0n) is 10.2. The first kappa shape index (κ1) is 12.1. The van der Waals surface area contributed by atoms with Crippen molar-refractivity contribution in [3.8, 4) is 0 Å². The molecule has 1 aromatic carbocycles. The van der Waals surface area contributed by atoms with E-state index < -0.39 is 0 Å². The lowest BCUT2D eigenvalue weighted by Crippen LogP contribution is -2.37. The zero-order chi connectivity index (χ0) is 12.1. The van der Waals surface area contributed by atoms with E-state index in [2.05, 4.69) is 29.6 Å². The van der Waals surface area contributed by atoms with Crippen LogP contribution in [0.1, 0.15) is 31.4 Å². The lowest BCUT2D eigenvalue weighted by atomic mass is 9.91. The smallest absolute Gasteiger partial charge is 0.310 e. The summed E-state index contributed by atoms with van der Waals surface area (Å²) >= 11 is 0. The monoisotopic (exact) mass is 233 g/mol. The normalized spacial score (nSPS) is 24.3. The van der Waals surface area contributed by atoms with Crippen LogP contribution in [-0.4, -0.2) is 19.1 Å². The van der Waals surface area contributed by atoms with Gasteiger partial charge in [-0.15, -0.1) is 0 Å². The molecule has 2 rings (SSSR count). The Morgan fingerprint density at radius 3 is 2.71 bits per heavy atom. The van der Waals surface area contributed by atoms with Crippen LogP contribution in [0.5, 0.6) is 0 Å². The van der Waals surface area contributed by atoms with Crippen LogP contribution in [0.15, 0.2) is 30.3 Å². The molecule has 3 heteroatoms. The van der Waals surface area contributed by atoms with E-state index in [0.717, 1.165) is 19.4 Å². The predicted molar refractivity (Wildman–Crippen MR) is 66.5 cm³/mol. The highest BCUT2D eigenvalue weighted by molar-refractivity contribution is 5.72. The molecule has 0 amide bonds. The summed E-state index contributed by atoms with van der Waals surface area (Å²) in [6.45, 7) is 3.04. The van der Waals surface area contributed by atoms with E-state index >= 15 is 0 Å². The van der Waals surface area contributed by atoms with Gasteiger partial charge in [-0.25, -0.2) is 0 Å². The first-order chi connectivity index (χ1) is 8.31. The highest BCUT2D eigenvalue weighted by Gasteiger charge is 2.27. The largest absolute Gasteiger partial charge is 0.466 e. The molecular formula is C14H19NO2. The quantitative estimate of drug-likeness (QED) is 0.814. The van der Waals surface area contributed by atoms with Crippen LogP contribution in [0.2, 0.25) is 0 Å². The summed E-state index contributed by atoms with van der Waals surface area (Å²) in [5.41, 5.74) is 1.30. The van der Waals surface area contributed by atoms with Crippen molar-refractivity contribution < 1.29 is 9.53 Å². The SMILES string of the molecule is CCOC(=O)[C@H]1CC[C@H](c2ccccc2)NC1. The minimum atomic E-state index is -0.0634. The molecular weight excluding hydrogens is 214 g/mol. The van der Waals surface area contributed by atoms with Crippen molar-refractivity contribution in [2.45, 2.75) is 25.8 Å². The summed E-state index contributed by atoms with van der Waals surface area (Å²) < 4.78 is 5.04. The first-order valence-electron chi connectivity index (χ1n) is 6.26. The van der Waals surface area contributed by atoms with Crippen molar-refractivity contribution in [2.24, 2.45) is 5.92 Å². The van der Waals surface area contributed by atoms with Gasteiger partial charge >= 0.3 is 5.97 Å². The van der Waals surface area contributed by atoms with Gasteiger partial charge < -0.3 is 10.1 Å². The van der Waals surface area contributed by atoms with Crippen LogP contribution >= 0.6 is 0 Å². The number of carbonyl (C=O) groups excluding carboxylic acids is 1. The Kier molecular flexibility index (Phi) is 4.15. The molecule has 0 saturated carbocycles. The van der Waals surface area contributed by atoms with E-state index in [1.54, 1.807) is 0 Å². The third-order valence-electron chi connectivity index (χ3n) is 3.24. The van der Waals surface area contributed by atoms with Crippen LogP contribution in [0.4, 0.5) is 0 Å². The third kappa shape index (κ3) is 3.07. The van der Waals surface area contributed by atoms with Gasteiger partial charge in [0.1, 0.15) is 0 Å². The Labute approximate surface area is 102 Å². The van der Waals surface area contributed by atoms with Gasteiger partial charge in [-0.2, -0.15) is 0 Å². The summed E-state index contributed by atoms with van der Waals surface area (Å²) in [6.07, 6.45) is 1.90. The molecule has 0 unspecified atom stereocenters. The molecule has 0 spiro atoms. The highest BCUT2D eigenvalue weighted by atomic mass is 16.5. The number of piperidine rings is 1. The number of benzene rings is 1. The van der Waals surface area contributed by atoms with Gasteiger partial charge in [-0.05, 0) is 25.3 Å². The molecule has 17 heavy (non-hydrogen) atoms. The van der Waals surface area contributed by atoms with E-state index in [-0.39, 0.29) is 11.9 Å². The predicted octanol–water partition coefficient (Wildman–Crippen LogP) is 2.29. The van der Waals surface area contributed by atoms with E-state index in [1.807, 2.05) is 13.0 Å². The van der Waals surface area contributed by atoms with Crippen LogP contribution in [0.25, 0.3) is 0 Å². The summed E-state index contributed by atoms with van der Waals surface area (Å²) in [4.78, 5) is 11.6. The maximum Gasteiger partial charge on any atom is 0.310 e. The molecule has 92 valence electrons. The number of hydrogen-bond donors (Lipinski definition) is 1. The van der Waals surface area contributed by atoms with Gasteiger partial charge in [0.25, 0.3) is 0 Å². The molecule has 0 bridgehead atoms. The van der Waals surface area contributed by atoms with Gasteiger partial charge in [-0.3, -0.25) is 4.79 Å². The average molecular weight is 233 g/mol. The highest BCUT2D eigenvalue weighted by Crippen LogP contribution is 2.26. The van der Waals surface area contributed by atoms with Crippen molar-refractivity contribution in [1.29, 1.82) is 0 Å². The van der Waals surface area contributed by atoms with E-state index in [0.29, 0.717) is 12.6 Å². The van der Waals surface area contributed by atoms with E-state index in [1.165, 1.54) is 5.56 Å². The minimum Gasteiger partial charge on any atom is -0.466 e. The standard InChI is InChI=1S/C14H19NO2/c1-2-17-14(16)12-8-9-13(15-10-12)11-6-4-3-5-7-11/h3-7,12-13,15H,2,8-10H2,1H3/t12-,13+/m0/s1. The molecule has 0 radical (unpaired) electrons. The van der Waals surface area contributed by atoms with E-state index in [4.69, 9.17) is 4.74 Å². The Hall–Kier alpha value is -1.35. The lowest BCUT2D eigenvalue weighted by molar-refractivity contribution is -0.148. The summed E-state index contributed by atoms with van der Waals surface area (Å²) in [6, 6.07) is 10.8. The molecule has 0 aromatic heterocycles. The molecule has 2 atom stereocenters. The van der Waals surface area contributed by atoms with Crippen molar-refractivity contribution in [3.05, 3.63) is 35.9 Å². The molecule has 1 N–H and O–H groups in total. The van der Waals surface area contributed by atoms with Gasteiger partial charge in [0, 0.05) is 12.6 Å². The fourth-order valence-electron chi connectivity index (χ4n) is 2.29. The number of rotatable bonds is 3. The number of nitrogens with one attached hydrogen (secondary N) is 1. The topological polar surface area (TPSA) is 38.3 Å². The number of hydrogen-bond acceptors (Lipinski definition) is 3. The summed E-state index contributed by atoms with van der Waals surface area (Å²) in [5.74, 6) is -0.0403. The van der Waals surface area contributed by atoms with Crippen LogP contribution in [-0.2, 0) is 9.53 Å². The number of esters is 1. The fraction of sp³-hybridized carbons (Fsp3) is 0.500. The maximum atomic E-state index is 11.6. The number of carbonyl (C=O) groups is 1.